The number of benzene rings is 2. The SMILES string of the molecule is CNc1cc(C)ccc1C(=O)Nc1cc(F)ccc1C. The van der Waals surface area contributed by atoms with Crippen LogP contribution in [-0.2, 0) is 0 Å². The Morgan fingerprint density at radius 2 is 1.80 bits per heavy atom. The van der Waals surface area contributed by atoms with Gasteiger partial charge in [0.25, 0.3) is 5.91 Å². The highest BCUT2D eigenvalue weighted by molar-refractivity contribution is 6.08. The highest BCUT2D eigenvalue weighted by atomic mass is 19.1. The standard InChI is InChI=1S/C16H17FN2O/c1-10-4-7-13(15(8-10)18-3)16(20)19-14-9-12(17)6-5-11(14)2/h4-9,18H,1-3H3,(H,19,20). The summed E-state index contributed by atoms with van der Waals surface area (Å²) in [6.45, 7) is 3.78. The molecule has 0 heterocycles. The highest BCUT2D eigenvalue weighted by Crippen LogP contribution is 2.21. The van der Waals surface area contributed by atoms with Crippen LogP contribution in [0.25, 0.3) is 0 Å². The van der Waals surface area contributed by atoms with Gasteiger partial charge in [0.1, 0.15) is 5.82 Å². The summed E-state index contributed by atoms with van der Waals surface area (Å²) in [6.07, 6.45) is 0. The second-order valence-electron chi connectivity index (χ2n) is 4.71. The summed E-state index contributed by atoms with van der Waals surface area (Å²) in [7, 11) is 1.76. The second-order valence-corrected chi connectivity index (χ2v) is 4.71. The zero-order chi connectivity index (χ0) is 14.7. The van der Waals surface area contributed by atoms with Crippen molar-refractivity contribution in [3.05, 3.63) is 58.9 Å². The minimum atomic E-state index is -0.372. The van der Waals surface area contributed by atoms with E-state index in [9.17, 15) is 9.18 Å². The monoisotopic (exact) mass is 272 g/mol. The molecule has 0 unspecified atom stereocenters. The lowest BCUT2D eigenvalue weighted by molar-refractivity contribution is 0.102. The van der Waals surface area contributed by atoms with Crippen molar-refractivity contribution in [2.75, 3.05) is 17.7 Å². The van der Waals surface area contributed by atoms with Crippen molar-refractivity contribution in [3.8, 4) is 0 Å². The molecule has 20 heavy (non-hydrogen) atoms. The number of hydrogen-bond acceptors (Lipinski definition) is 2. The second kappa shape index (κ2) is 5.74. The molecule has 2 aromatic rings. The predicted octanol–water partition coefficient (Wildman–Crippen LogP) is 3.74. The third kappa shape index (κ3) is 2.96. The van der Waals surface area contributed by atoms with Crippen LogP contribution in [0.4, 0.5) is 15.8 Å². The number of aryl methyl sites for hydroxylation is 2. The average Bonchev–Trinajstić information content (AvgIpc) is 2.42. The van der Waals surface area contributed by atoms with Crippen molar-refractivity contribution in [1.29, 1.82) is 0 Å². The van der Waals surface area contributed by atoms with E-state index >= 15 is 0 Å². The van der Waals surface area contributed by atoms with Gasteiger partial charge in [-0.3, -0.25) is 4.79 Å². The van der Waals surface area contributed by atoms with Gasteiger partial charge in [0, 0.05) is 18.4 Å². The van der Waals surface area contributed by atoms with Gasteiger partial charge in [0.2, 0.25) is 0 Å². The fourth-order valence-electron chi connectivity index (χ4n) is 1.98. The lowest BCUT2D eigenvalue weighted by atomic mass is 10.1. The van der Waals surface area contributed by atoms with E-state index in [4.69, 9.17) is 0 Å². The molecule has 0 bridgehead atoms. The third-order valence-corrected chi connectivity index (χ3v) is 3.14. The van der Waals surface area contributed by atoms with Gasteiger partial charge < -0.3 is 10.6 Å². The summed E-state index contributed by atoms with van der Waals surface area (Å²) in [5.74, 6) is -0.633. The Balaban J connectivity index is 2.30. The van der Waals surface area contributed by atoms with E-state index in [1.165, 1.54) is 12.1 Å². The molecule has 0 aromatic heterocycles. The van der Waals surface area contributed by atoms with Crippen LogP contribution in [0, 0.1) is 19.7 Å². The van der Waals surface area contributed by atoms with Crippen LogP contribution in [0.1, 0.15) is 21.5 Å². The van der Waals surface area contributed by atoms with Gasteiger partial charge in [-0.25, -0.2) is 4.39 Å². The van der Waals surface area contributed by atoms with E-state index in [1.807, 2.05) is 26.0 Å². The third-order valence-electron chi connectivity index (χ3n) is 3.14. The van der Waals surface area contributed by atoms with Crippen molar-refractivity contribution in [1.82, 2.24) is 0 Å². The largest absolute Gasteiger partial charge is 0.387 e. The summed E-state index contributed by atoms with van der Waals surface area (Å²) in [6, 6.07) is 9.85. The zero-order valence-corrected chi connectivity index (χ0v) is 11.8. The van der Waals surface area contributed by atoms with Crippen molar-refractivity contribution in [2.45, 2.75) is 13.8 Å². The van der Waals surface area contributed by atoms with Gasteiger partial charge in [0.15, 0.2) is 0 Å². The van der Waals surface area contributed by atoms with Gasteiger partial charge in [-0.15, -0.1) is 0 Å². The molecule has 0 aliphatic carbocycles. The van der Waals surface area contributed by atoms with E-state index in [0.717, 1.165) is 16.8 Å². The van der Waals surface area contributed by atoms with E-state index in [0.29, 0.717) is 11.3 Å². The van der Waals surface area contributed by atoms with Gasteiger partial charge >= 0.3 is 0 Å². The topological polar surface area (TPSA) is 41.1 Å². The predicted molar refractivity (Wildman–Crippen MR) is 79.8 cm³/mol. The van der Waals surface area contributed by atoms with Crippen LogP contribution >= 0.6 is 0 Å². The molecule has 4 heteroatoms. The number of nitrogens with one attached hydrogen (secondary N) is 2. The van der Waals surface area contributed by atoms with Crippen LogP contribution in [0.15, 0.2) is 36.4 Å². The quantitative estimate of drug-likeness (QED) is 0.893. The number of halogens is 1. The maximum absolute atomic E-state index is 13.2. The molecule has 0 radical (unpaired) electrons. The molecule has 1 amide bonds. The van der Waals surface area contributed by atoms with Gasteiger partial charge in [0.05, 0.1) is 5.56 Å². The van der Waals surface area contributed by atoms with Crippen LogP contribution in [0.5, 0.6) is 0 Å². The first-order valence-electron chi connectivity index (χ1n) is 6.37. The number of carbonyl (C=O) groups is 1. The smallest absolute Gasteiger partial charge is 0.257 e. The minimum Gasteiger partial charge on any atom is -0.387 e. The summed E-state index contributed by atoms with van der Waals surface area (Å²) >= 11 is 0. The first-order valence-corrected chi connectivity index (χ1v) is 6.37. The first-order chi connectivity index (χ1) is 9.51. The van der Waals surface area contributed by atoms with Gasteiger partial charge in [-0.05, 0) is 49.2 Å². The molecule has 2 N–H and O–H groups in total. The Bertz CT molecular complexity index is 653. The van der Waals surface area contributed by atoms with Gasteiger partial charge in [-0.2, -0.15) is 0 Å². The Morgan fingerprint density at radius 3 is 2.50 bits per heavy atom. The molecule has 104 valence electrons. The number of anilines is 2. The minimum absolute atomic E-state index is 0.261. The van der Waals surface area contributed by atoms with Gasteiger partial charge in [-0.1, -0.05) is 12.1 Å². The van der Waals surface area contributed by atoms with Crippen molar-refractivity contribution >= 4 is 17.3 Å². The average molecular weight is 272 g/mol. The Hall–Kier alpha value is -2.36. The fourth-order valence-corrected chi connectivity index (χ4v) is 1.98. The van der Waals surface area contributed by atoms with Crippen LogP contribution in [-0.4, -0.2) is 13.0 Å². The van der Waals surface area contributed by atoms with Crippen molar-refractivity contribution < 1.29 is 9.18 Å². The van der Waals surface area contributed by atoms with E-state index in [2.05, 4.69) is 10.6 Å². The van der Waals surface area contributed by atoms with Crippen LogP contribution in [0.2, 0.25) is 0 Å². The van der Waals surface area contributed by atoms with Crippen LogP contribution in [0.3, 0.4) is 0 Å². The summed E-state index contributed by atoms with van der Waals surface area (Å²) < 4.78 is 13.2. The molecule has 0 fully saturated rings. The zero-order valence-electron chi connectivity index (χ0n) is 11.8. The Labute approximate surface area is 117 Å². The van der Waals surface area contributed by atoms with E-state index in [1.54, 1.807) is 19.2 Å². The lowest BCUT2D eigenvalue weighted by Gasteiger charge is -2.12. The molecular weight excluding hydrogens is 255 g/mol. The van der Waals surface area contributed by atoms with Crippen molar-refractivity contribution in [2.24, 2.45) is 0 Å². The molecule has 0 aliphatic heterocycles. The summed E-state index contributed by atoms with van der Waals surface area (Å²) in [5.41, 5.74) is 3.64. The molecule has 3 nitrogen and oxygen atoms in total. The normalized spacial score (nSPS) is 10.2. The molecular formula is C16H17FN2O. The Morgan fingerprint density at radius 1 is 1.05 bits per heavy atom. The molecule has 0 saturated carbocycles. The number of amides is 1. The maximum Gasteiger partial charge on any atom is 0.257 e. The molecule has 0 aliphatic rings. The fraction of sp³-hybridized carbons (Fsp3) is 0.188. The molecule has 0 saturated heterocycles. The maximum atomic E-state index is 13.2. The highest BCUT2D eigenvalue weighted by Gasteiger charge is 2.12. The molecule has 0 spiro atoms. The summed E-state index contributed by atoms with van der Waals surface area (Å²) in [5, 5.41) is 5.74. The molecule has 0 atom stereocenters. The number of carbonyl (C=O) groups excluding carboxylic acids is 1. The first kappa shape index (κ1) is 14.1. The van der Waals surface area contributed by atoms with E-state index < -0.39 is 0 Å². The summed E-state index contributed by atoms with van der Waals surface area (Å²) in [4.78, 5) is 12.3. The Kier molecular flexibility index (Phi) is 4.03. The lowest BCUT2D eigenvalue weighted by Crippen LogP contribution is -2.15. The number of rotatable bonds is 3. The van der Waals surface area contributed by atoms with Crippen molar-refractivity contribution in [3.63, 3.8) is 0 Å². The number of hydrogen-bond donors (Lipinski definition) is 2. The van der Waals surface area contributed by atoms with Crippen LogP contribution < -0.4 is 10.6 Å². The van der Waals surface area contributed by atoms with E-state index in [-0.39, 0.29) is 11.7 Å². The molecule has 2 rings (SSSR count). The molecule has 2 aromatic carbocycles.